The lowest BCUT2D eigenvalue weighted by Gasteiger charge is -2.30. The van der Waals surface area contributed by atoms with E-state index >= 15 is 0 Å². The van der Waals surface area contributed by atoms with Gasteiger partial charge in [-0.1, -0.05) is 17.7 Å². The van der Waals surface area contributed by atoms with Crippen molar-refractivity contribution in [3.8, 4) is 21.8 Å². The number of amides is 1. The number of pyridine rings is 1. The van der Waals surface area contributed by atoms with Crippen LogP contribution >= 0.6 is 34.3 Å². The van der Waals surface area contributed by atoms with Crippen molar-refractivity contribution >= 4 is 45.9 Å². The van der Waals surface area contributed by atoms with Gasteiger partial charge in [0.1, 0.15) is 15.7 Å². The first-order chi connectivity index (χ1) is 16.5. The number of nitro benzene ring substituents is 1. The summed E-state index contributed by atoms with van der Waals surface area (Å²) in [6, 6.07) is 8.48. The Morgan fingerprint density at radius 3 is 2.56 bits per heavy atom. The number of nitrogens with zero attached hydrogens (tertiary/aromatic N) is 5. The number of hydrogen-bond donors (Lipinski definition) is 0. The molecule has 0 bridgehead atoms. The quantitative estimate of drug-likeness (QED) is 0.244. The lowest BCUT2D eigenvalue weighted by atomic mass is 9.97. The second-order valence-corrected chi connectivity index (χ2v) is 9.99. The van der Waals surface area contributed by atoms with E-state index in [1.165, 1.54) is 23.5 Å². The van der Waals surface area contributed by atoms with E-state index in [0.29, 0.717) is 30.0 Å². The van der Waals surface area contributed by atoms with Crippen molar-refractivity contribution in [3.63, 3.8) is 0 Å². The van der Waals surface area contributed by atoms with Crippen molar-refractivity contribution in [2.24, 2.45) is 0 Å². The number of halogens is 1. The van der Waals surface area contributed by atoms with Crippen LogP contribution in [0.25, 0.3) is 21.8 Å². The van der Waals surface area contributed by atoms with E-state index in [-0.39, 0.29) is 22.5 Å². The third-order valence-corrected chi connectivity index (χ3v) is 7.96. The summed E-state index contributed by atoms with van der Waals surface area (Å²) in [5, 5.41) is 16.8. The predicted molar refractivity (Wildman–Crippen MR) is 132 cm³/mol. The van der Waals surface area contributed by atoms with E-state index in [1.807, 2.05) is 27.8 Å². The molecule has 0 N–H and O–H groups in total. The number of thiazole rings is 2. The first-order valence-electron chi connectivity index (χ1n) is 10.5. The maximum Gasteiger partial charge on any atom is 0.288 e. The molecule has 1 saturated heterocycles. The molecule has 8 nitrogen and oxygen atoms in total. The minimum Gasteiger partial charge on any atom is -0.337 e. The fourth-order valence-electron chi connectivity index (χ4n) is 3.91. The largest absolute Gasteiger partial charge is 0.337 e. The Bertz CT molecular complexity index is 1350. The van der Waals surface area contributed by atoms with Gasteiger partial charge in [0.2, 0.25) is 0 Å². The van der Waals surface area contributed by atoms with Gasteiger partial charge in [-0.25, -0.2) is 9.97 Å². The van der Waals surface area contributed by atoms with Crippen molar-refractivity contribution in [2.45, 2.75) is 18.8 Å². The van der Waals surface area contributed by atoms with Gasteiger partial charge in [-0.3, -0.25) is 19.9 Å². The van der Waals surface area contributed by atoms with Crippen LogP contribution in [0.5, 0.6) is 0 Å². The highest BCUT2D eigenvalue weighted by Gasteiger charge is 2.28. The van der Waals surface area contributed by atoms with Crippen LogP contribution in [0.4, 0.5) is 5.69 Å². The van der Waals surface area contributed by atoms with Crippen LogP contribution in [0.1, 0.15) is 34.3 Å². The minimum atomic E-state index is -0.492. The van der Waals surface area contributed by atoms with Crippen molar-refractivity contribution in [2.75, 3.05) is 13.1 Å². The molecule has 4 aromatic rings. The van der Waals surface area contributed by atoms with E-state index in [0.717, 1.165) is 28.4 Å². The summed E-state index contributed by atoms with van der Waals surface area (Å²) >= 11 is 8.92. The summed E-state index contributed by atoms with van der Waals surface area (Å²) in [7, 11) is 0. The molecule has 0 radical (unpaired) electrons. The molecule has 0 spiro atoms. The molecule has 34 heavy (non-hydrogen) atoms. The van der Waals surface area contributed by atoms with E-state index in [9.17, 15) is 14.9 Å². The molecule has 5 rings (SSSR count). The van der Waals surface area contributed by atoms with Crippen LogP contribution in [0, 0.1) is 10.1 Å². The minimum absolute atomic E-state index is 0.0525. The molecule has 1 fully saturated rings. The van der Waals surface area contributed by atoms with E-state index in [2.05, 4.69) is 9.97 Å². The SMILES string of the molecule is O=C(c1csc(-c2ccncc2)n1)N1CCC(c2nc(-c3ccc(Cl)c([N+](=O)[O-])c3)cs2)CC1. The lowest BCUT2D eigenvalue weighted by molar-refractivity contribution is -0.384. The molecule has 4 heterocycles. The fourth-order valence-corrected chi connectivity index (χ4v) is 5.90. The van der Waals surface area contributed by atoms with Crippen LogP contribution in [0.3, 0.4) is 0 Å². The highest BCUT2D eigenvalue weighted by Crippen LogP contribution is 2.35. The molecule has 1 aromatic carbocycles. The van der Waals surface area contributed by atoms with E-state index in [4.69, 9.17) is 16.6 Å². The van der Waals surface area contributed by atoms with Crippen molar-refractivity contribution in [1.82, 2.24) is 19.9 Å². The molecule has 1 amide bonds. The van der Waals surface area contributed by atoms with Gasteiger partial charge in [0.15, 0.2) is 0 Å². The number of piperidine rings is 1. The number of likely N-dealkylation sites (tertiary alicyclic amines) is 1. The van der Waals surface area contributed by atoms with Gasteiger partial charge in [0, 0.05) is 59.4 Å². The Balaban J connectivity index is 1.24. The Morgan fingerprint density at radius 1 is 1.06 bits per heavy atom. The van der Waals surface area contributed by atoms with Crippen LogP contribution in [0.2, 0.25) is 5.02 Å². The highest BCUT2D eigenvalue weighted by molar-refractivity contribution is 7.13. The molecule has 1 aliphatic rings. The van der Waals surface area contributed by atoms with E-state index in [1.54, 1.807) is 29.8 Å². The summed E-state index contributed by atoms with van der Waals surface area (Å²) in [5.41, 5.74) is 2.65. The van der Waals surface area contributed by atoms with Gasteiger partial charge >= 0.3 is 0 Å². The second kappa shape index (κ2) is 9.57. The maximum atomic E-state index is 13.0. The molecule has 11 heteroatoms. The molecular weight excluding hydrogens is 494 g/mol. The molecule has 0 unspecified atom stereocenters. The Kier molecular flexibility index (Phi) is 6.36. The average Bonchev–Trinajstić information content (AvgIpc) is 3.55. The summed E-state index contributed by atoms with van der Waals surface area (Å²) in [5.74, 6) is 0.191. The number of hydrogen-bond acceptors (Lipinski definition) is 8. The molecule has 3 aromatic heterocycles. The lowest BCUT2D eigenvalue weighted by Crippen LogP contribution is -2.38. The zero-order valence-electron chi connectivity index (χ0n) is 17.8. The Labute approximate surface area is 208 Å². The first kappa shape index (κ1) is 22.6. The second-order valence-electron chi connectivity index (χ2n) is 7.83. The van der Waals surface area contributed by atoms with Crippen molar-refractivity contribution in [1.29, 1.82) is 0 Å². The highest BCUT2D eigenvalue weighted by atomic mass is 35.5. The molecule has 0 atom stereocenters. The molecule has 0 saturated carbocycles. The van der Waals surface area contributed by atoms with E-state index < -0.39 is 4.92 Å². The number of aromatic nitrogens is 3. The first-order valence-corrected chi connectivity index (χ1v) is 12.7. The smallest absolute Gasteiger partial charge is 0.288 e. The molecule has 0 aliphatic carbocycles. The van der Waals surface area contributed by atoms with Crippen molar-refractivity contribution in [3.05, 3.63) is 79.3 Å². The standard InChI is InChI=1S/C23H18ClN5O3S2/c24-17-2-1-16(11-20(17)29(31)32)18-12-33-22(26-18)15-5-9-28(10-6-15)23(30)19-13-34-21(27-19)14-3-7-25-8-4-14/h1-4,7-8,11-13,15H,5-6,9-10H2. The summed E-state index contributed by atoms with van der Waals surface area (Å²) in [4.78, 5) is 38.8. The monoisotopic (exact) mass is 511 g/mol. The molecule has 172 valence electrons. The molecule has 1 aliphatic heterocycles. The van der Waals surface area contributed by atoms with Gasteiger partial charge in [0.05, 0.1) is 15.6 Å². The summed E-state index contributed by atoms with van der Waals surface area (Å²) in [6.07, 6.45) is 5.03. The average molecular weight is 512 g/mol. The Hall–Kier alpha value is -3.21. The number of benzene rings is 1. The van der Waals surface area contributed by atoms with Gasteiger partial charge in [-0.15, -0.1) is 22.7 Å². The maximum absolute atomic E-state index is 13.0. The third-order valence-electron chi connectivity index (χ3n) is 5.74. The predicted octanol–water partition coefficient (Wildman–Crippen LogP) is 5.91. The van der Waals surface area contributed by atoms with Gasteiger partial charge in [0.25, 0.3) is 11.6 Å². The number of carbonyl (C=O) groups is 1. The third kappa shape index (κ3) is 4.56. The van der Waals surface area contributed by atoms with Crippen LogP contribution in [0.15, 0.2) is 53.5 Å². The van der Waals surface area contributed by atoms with Gasteiger partial charge in [-0.2, -0.15) is 0 Å². The van der Waals surface area contributed by atoms with Crippen molar-refractivity contribution < 1.29 is 9.72 Å². The van der Waals surface area contributed by atoms with Crippen LogP contribution in [-0.2, 0) is 0 Å². The van der Waals surface area contributed by atoms with Crippen LogP contribution in [-0.4, -0.2) is 43.8 Å². The number of nitro groups is 1. The summed E-state index contributed by atoms with van der Waals surface area (Å²) < 4.78 is 0. The number of rotatable bonds is 5. The molecular formula is C23H18ClN5O3S2. The zero-order valence-corrected chi connectivity index (χ0v) is 20.1. The van der Waals surface area contributed by atoms with Crippen LogP contribution < -0.4 is 0 Å². The van der Waals surface area contributed by atoms with Gasteiger partial charge in [-0.05, 0) is 31.0 Å². The zero-order chi connectivity index (χ0) is 23.7. The number of carbonyl (C=O) groups excluding carboxylic acids is 1. The van der Waals surface area contributed by atoms with Gasteiger partial charge < -0.3 is 4.90 Å². The summed E-state index contributed by atoms with van der Waals surface area (Å²) in [6.45, 7) is 1.26. The fraction of sp³-hybridized carbons (Fsp3) is 0.217. The Morgan fingerprint density at radius 2 is 1.82 bits per heavy atom. The topological polar surface area (TPSA) is 102 Å². The normalized spacial score (nSPS) is 14.3.